The fourth-order valence-electron chi connectivity index (χ4n) is 2.43. The first-order chi connectivity index (χ1) is 13.3. The topological polar surface area (TPSA) is 94.6 Å². The molecule has 7 nitrogen and oxygen atoms in total. The van der Waals surface area contributed by atoms with E-state index in [9.17, 15) is 9.00 Å². The van der Waals surface area contributed by atoms with E-state index < -0.39 is 17.2 Å². The Hall–Kier alpha value is -2.27. The van der Waals surface area contributed by atoms with Crippen LogP contribution in [-0.2, 0) is 11.3 Å². The number of aromatic nitrogens is 1. The largest absolute Gasteiger partial charge is 0.378 e. The minimum Gasteiger partial charge on any atom is -0.378 e. The van der Waals surface area contributed by atoms with Gasteiger partial charge in [0.05, 0.1) is 16.9 Å². The van der Waals surface area contributed by atoms with Crippen LogP contribution in [0.1, 0.15) is 10.4 Å². The third-order valence-electron chi connectivity index (χ3n) is 3.83. The van der Waals surface area contributed by atoms with Crippen molar-refractivity contribution in [1.82, 2.24) is 4.98 Å². The molecule has 0 aliphatic carbocycles. The zero-order valence-electron chi connectivity index (χ0n) is 15.0. The second kappa shape index (κ2) is 8.82. The maximum atomic E-state index is 12.8. The first-order valence-corrected chi connectivity index (χ1v) is 10.8. The van der Waals surface area contributed by atoms with Crippen LogP contribution in [0.4, 0.5) is 16.5 Å². The Morgan fingerprint density at radius 2 is 1.93 bits per heavy atom. The highest BCUT2D eigenvalue weighted by Crippen LogP contribution is 2.28. The number of thiazole rings is 1. The molecule has 0 saturated heterocycles. The summed E-state index contributed by atoms with van der Waals surface area (Å²) in [5.74, 6) is -0.423. The van der Waals surface area contributed by atoms with Gasteiger partial charge in [-0.3, -0.25) is 19.4 Å². The number of carbonyl (C=O) groups excluding carboxylic acids is 1. The number of halogens is 1. The Morgan fingerprint density at radius 1 is 1.21 bits per heavy atom. The molecule has 1 heterocycles. The molecule has 3 N–H and O–H groups in total. The summed E-state index contributed by atoms with van der Waals surface area (Å²) < 4.78 is 23.6. The van der Waals surface area contributed by atoms with E-state index in [4.69, 9.17) is 4.55 Å². The maximum absolute atomic E-state index is 12.8. The summed E-state index contributed by atoms with van der Waals surface area (Å²) in [6.07, 6.45) is 0. The van der Waals surface area contributed by atoms with Crippen LogP contribution in [-0.4, -0.2) is 33.7 Å². The first-order valence-electron chi connectivity index (χ1n) is 8.05. The van der Waals surface area contributed by atoms with Crippen LogP contribution in [0, 0.1) is 0 Å². The molecule has 146 valence electrons. The average molecular weight is 481 g/mol. The molecule has 0 fully saturated rings. The molecular weight excluding hydrogens is 464 g/mol. The van der Waals surface area contributed by atoms with Crippen molar-refractivity contribution < 1.29 is 13.6 Å². The quantitative estimate of drug-likeness (QED) is 0.453. The molecule has 1 atom stereocenters. The molecule has 1 aromatic heterocycles. The highest BCUT2D eigenvalue weighted by molar-refractivity contribution is 9.10. The molecule has 10 heteroatoms. The van der Waals surface area contributed by atoms with Crippen molar-refractivity contribution in [2.45, 2.75) is 0 Å². The van der Waals surface area contributed by atoms with Crippen molar-refractivity contribution in [3.63, 3.8) is 0 Å². The molecule has 0 spiro atoms. The zero-order chi connectivity index (χ0) is 20.3. The number of hydrogen-bond acceptors (Lipinski definition) is 5. The van der Waals surface area contributed by atoms with Gasteiger partial charge < -0.3 is 4.90 Å². The van der Waals surface area contributed by atoms with Crippen LogP contribution in [0.15, 0.2) is 52.3 Å². The van der Waals surface area contributed by atoms with Crippen LogP contribution < -0.4 is 14.9 Å². The third-order valence-corrected chi connectivity index (χ3v) is 5.51. The van der Waals surface area contributed by atoms with Crippen molar-refractivity contribution in [2.75, 3.05) is 29.0 Å². The van der Waals surface area contributed by atoms with Crippen LogP contribution in [0.5, 0.6) is 0 Å². The van der Waals surface area contributed by atoms with E-state index in [2.05, 4.69) is 31.0 Å². The van der Waals surface area contributed by atoms with Crippen LogP contribution in [0.25, 0.3) is 11.3 Å². The van der Waals surface area contributed by atoms with Gasteiger partial charge >= 0.3 is 0 Å². The molecule has 0 saturated carbocycles. The Morgan fingerprint density at radius 3 is 2.57 bits per heavy atom. The standard InChI is InChI=1S/C18H17BrN4O3S2/c1-23(2)13-7-8-15(22-28(25)26)14(9-13)17(24)21-18-20-16(10-27-18)11-3-5-12(19)6-4-11/h3-10,22H,1-2H3,(H,25,26)(H,20,21,24). The number of anilines is 3. The predicted octanol–water partition coefficient (Wildman–Crippen LogP) is 4.44. The van der Waals surface area contributed by atoms with Gasteiger partial charge in [-0.25, -0.2) is 9.19 Å². The van der Waals surface area contributed by atoms with Gasteiger partial charge in [-0.05, 0) is 30.3 Å². The molecule has 2 aromatic carbocycles. The van der Waals surface area contributed by atoms with E-state index in [0.717, 1.165) is 21.4 Å². The molecule has 0 radical (unpaired) electrons. The van der Waals surface area contributed by atoms with Gasteiger partial charge in [0.15, 0.2) is 5.13 Å². The van der Waals surface area contributed by atoms with Crippen LogP contribution >= 0.6 is 27.3 Å². The van der Waals surface area contributed by atoms with E-state index in [-0.39, 0.29) is 11.3 Å². The van der Waals surface area contributed by atoms with Crippen molar-refractivity contribution >= 4 is 60.9 Å². The van der Waals surface area contributed by atoms with Crippen molar-refractivity contribution in [1.29, 1.82) is 0 Å². The van der Waals surface area contributed by atoms with Gasteiger partial charge in [-0.2, -0.15) is 0 Å². The minimum atomic E-state index is -2.29. The average Bonchev–Trinajstić information content (AvgIpc) is 3.10. The third kappa shape index (κ3) is 4.96. The lowest BCUT2D eigenvalue weighted by Crippen LogP contribution is -2.17. The van der Waals surface area contributed by atoms with Crippen molar-refractivity contribution in [2.24, 2.45) is 0 Å². The summed E-state index contributed by atoms with van der Waals surface area (Å²) in [4.78, 5) is 19.1. The molecule has 0 bridgehead atoms. The molecular formula is C18H17BrN4O3S2. The number of nitrogens with one attached hydrogen (secondary N) is 2. The Kier molecular flexibility index (Phi) is 6.45. The van der Waals surface area contributed by atoms with Gasteiger partial charge in [-0.1, -0.05) is 28.1 Å². The van der Waals surface area contributed by atoms with Gasteiger partial charge in [0.2, 0.25) is 0 Å². The lowest BCUT2D eigenvalue weighted by Gasteiger charge is -2.16. The summed E-state index contributed by atoms with van der Waals surface area (Å²) >= 11 is 2.41. The molecule has 1 unspecified atom stereocenters. The van der Waals surface area contributed by atoms with Crippen molar-refractivity contribution in [3.05, 3.63) is 57.9 Å². The fraction of sp³-hybridized carbons (Fsp3) is 0.111. The molecule has 1 amide bonds. The Labute approximate surface area is 177 Å². The Bertz CT molecular complexity index is 1020. The molecule has 0 aliphatic rings. The lowest BCUT2D eigenvalue weighted by atomic mass is 10.1. The molecule has 3 aromatic rings. The van der Waals surface area contributed by atoms with Crippen LogP contribution in [0.2, 0.25) is 0 Å². The smallest absolute Gasteiger partial charge is 0.259 e. The Balaban J connectivity index is 1.85. The van der Waals surface area contributed by atoms with E-state index in [0.29, 0.717) is 5.13 Å². The second-order valence-electron chi connectivity index (χ2n) is 5.97. The fourth-order valence-corrected chi connectivity index (χ4v) is 3.78. The SMILES string of the molecule is CN(C)c1ccc(NS(=O)O)c(C(=O)Nc2nc(-c3ccc(Br)cc3)cs2)c1. The maximum Gasteiger partial charge on any atom is 0.259 e. The van der Waals surface area contributed by atoms with Crippen molar-refractivity contribution in [3.8, 4) is 11.3 Å². The zero-order valence-corrected chi connectivity index (χ0v) is 18.2. The number of benzene rings is 2. The number of nitrogens with zero attached hydrogens (tertiary/aromatic N) is 2. The highest BCUT2D eigenvalue weighted by atomic mass is 79.9. The molecule has 0 aliphatic heterocycles. The predicted molar refractivity (Wildman–Crippen MR) is 118 cm³/mol. The monoisotopic (exact) mass is 480 g/mol. The summed E-state index contributed by atoms with van der Waals surface area (Å²) in [5, 5.41) is 5.06. The number of amides is 1. The van der Waals surface area contributed by atoms with Gasteiger partial charge in [0.25, 0.3) is 17.2 Å². The lowest BCUT2D eigenvalue weighted by molar-refractivity contribution is 0.102. The van der Waals surface area contributed by atoms with E-state index >= 15 is 0 Å². The number of carbonyl (C=O) groups is 1. The van der Waals surface area contributed by atoms with Gasteiger partial charge in [0, 0.05) is 35.2 Å². The molecule has 28 heavy (non-hydrogen) atoms. The van der Waals surface area contributed by atoms with E-state index in [1.165, 1.54) is 11.3 Å². The van der Waals surface area contributed by atoms with E-state index in [1.807, 2.05) is 48.6 Å². The molecule has 3 rings (SSSR count). The van der Waals surface area contributed by atoms with E-state index in [1.54, 1.807) is 18.2 Å². The first kappa shape index (κ1) is 20.5. The highest BCUT2D eigenvalue weighted by Gasteiger charge is 2.16. The summed E-state index contributed by atoms with van der Waals surface area (Å²) in [5.41, 5.74) is 2.98. The minimum absolute atomic E-state index is 0.244. The van der Waals surface area contributed by atoms with Crippen LogP contribution in [0.3, 0.4) is 0 Å². The summed E-state index contributed by atoms with van der Waals surface area (Å²) in [6.45, 7) is 0. The normalized spacial score (nSPS) is 11.7. The second-order valence-corrected chi connectivity index (χ2v) is 8.45. The number of rotatable bonds is 6. The summed E-state index contributed by atoms with van der Waals surface area (Å²) in [7, 11) is 3.69. The number of hydrogen-bond donors (Lipinski definition) is 3. The van der Waals surface area contributed by atoms with Gasteiger partial charge in [-0.15, -0.1) is 11.3 Å². The van der Waals surface area contributed by atoms with Gasteiger partial charge in [0.1, 0.15) is 0 Å². The summed E-state index contributed by atoms with van der Waals surface area (Å²) in [6, 6.07) is 12.7.